The van der Waals surface area contributed by atoms with Gasteiger partial charge in [-0.25, -0.2) is 9.88 Å². The number of piperidine rings is 1. The Morgan fingerprint density at radius 1 is 1.16 bits per heavy atom. The molecule has 2 saturated heterocycles. The number of nitrogens with one attached hydrogen (secondary N) is 2. The molecule has 0 bridgehead atoms. The van der Waals surface area contributed by atoms with Crippen LogP contribution in [-0.4, -0.2) is 56.6 Å². The van der Waals surface area contributed by atoms with E-state index < -0.39 is 0 Å². The van der Waals surface area contributed by atoms with E-state index in [1.54, 1.807) is 0 Å². The third kappa shape index (κ3) is 4.87. The van der Waals surface area contributed by atoms with Crippen LogP contribution in [0.15, 0.2) is 0 Å². The Morgan fingerprint density at radius 3 is 2.48 bits per heavy atom. The monoisotopic (exact) mass is 425 g/mol. The second-order valence-electron chi connectivity index (χ2n) is 10.3. The van der Waals surface area contributed by atoms with Crippen molar-refractivity contribution in [1.82, 2.24) is 4.90 Å². The molecule has 1 aliphatic carbocycles. The van der Waals surface area contributed by atoms with Gasteiger partial charge >= 0.3 is 0 Å². The van der Waals surface area contributed by atoms with Gasteiger partial charge in [0.25, 0.3) is 11.7 Å². The van der Waals surface area contributed by atoms with Crippen LogP contribution in [0.2, 0.25) is 0 Å². The molecular formula is C25H39N5O+2. The van der Waals surface area contributed by atoms with Gasteiger partial charge in [0.2, 0.25) is 0 Å². The fraction of sp³-hybridized carbons (Fsp3) is 0.720. The molecule has 1 amide bonds. The lowest BCUT2D eigenvalue weighted by molar-refractivity contribution is -0.892. The molecule has 2 aliphatic heterocycles. The molecule has 4 rings (SSSR count). The molecular weight excluding hydrogens is 386 g/mol. The molecule has 3 heterocycles. The third-order valence-corrected chi connectivity index (χ3v) is 7.44. The number of likely N-dealkylation sites (tertiary alicyclic amines) is 1. The SMILES string of the molecule is CC(C)Cc1[nH+]c(N2CC[NH+](CC(=O)N3CCC(C)CC3)CC2)c(C#N)c2c1CCC2. The first-order valence-electron chi connectivity index (χ1n) is 12.3. The van der Waals surface area contributed by atoms with Crippen LogP contribution in [0.4, 0.5) is 5.82 Å². The normalized spacial score (nSPS) is 20.2. The fourth-order valence-electron chi connectivity index (χ4n) is 5.52. The van der Waals surface area contributed by atoms with Gasteiger partial charge in [-0.2, -0.15) is 5.26 Å². The smallest absolute Gasteiger partial charge is 0.293 e. The molecule has 3 aliphatic rings. The number of H-pyrrole nitrogens is 1. The molecule has 6 nitrogen and oxygen atoms in total. The Bertz CT molecular complexity index is 842. The Kier molecular flexibility index (Phi) is 6.81. The molecule has 0 unspecified atom stereocenters. The standard InChI is InChI=1S/C25H37N5O/c1-18(2)15-23-21-6-4-5-20(21)22(16-26)25(27-23)30-13-11-28(12-14-30)17-24(31)29-9-7-19(3)8-10-29/h18-19H,4-15,17H2,1-3H3/p+2. The first-order chi connectivity index (χ1) is 15.0. The number of nitriles is 1. The van der Waals surface area contributed by atoms with Gasteiger partial charge in [-0.1, -0.05) is 20.8 Å². The van der Waals surface area contributed by atoms with E-state index in [2.05, 4.69) is 41.6 Å². The number of pyridine rings is 1. The van der Waals surface area contributed by atoms with Crippen LogP contribution < -0.4 is 14.8 Å². The van der Waals surface area contributed by atoms with E-state index >= 15 is 0 Å². The topological polar surface area (TPSA) is 65.9 Å². The van der Waals surface area contributed by atoms with Crippen molar-refractivity contribution in [3.05, 3.63) is 22.4 Å². The molecule has 31 heavy (non-hydrogen) atoms. The van der Waals surface area contributed by atoms with Crippen molar-refractivity contribution in [2.24, 2.45) is 11.8 Å². The van der Waals surface area contributed by atoms with Crippen LogP contribution in [-0.2, 0) is 24.1 Å². The highest BCUT2D eigenvalue weighted by atomic mass is 16.2. The van der Waals surface area contributed by atoms with Gasteiger partial charge < -0.3 is 9.80 Å². The van der Waals surface area contributed by atoms with Crippen LogP contribution in [0.5, 0.6) is 0 Å². The molecule has 1 aromatic heterocycles. The average molecular weight is 426 g/mol. The zero-order valence-corrected chi connectivity index (χ0v) is 19.6. The highest BCUT2D eigenvalue weighted by Gasteiger charge is 2.34. The molecule has 1 aromatic rings. The van der Waals surface area contributed by atoms with Crippen LogP contribution in [0.1, 0.15) is 62.4 Å². The lowest BCUT2D eigenvalue weighted by atomic mass is 9.97. The van der Waals surface area contributed by atoms with Gasteiger partial charge in [0.05, 0.1) is 0 Å². The summed E-state index contributed by atoms with van der Waals surface area (Å²) in [5, 5.41) is 9.97. The number of amides is 1. The van der Waals surface area contributed by atoms with Gasteiger partial charge in [0.15, 0.2) is 6.54 Å². The molecule has 0 aromatic carbocycles. The number of aromatic nitrogens is 1. The number of carbonyl (C=O) groups is 1. The van der Waals surface area contributed by atoms with Crippen molar-refractivity contribution in [3.8, 4) is 6.07 Å². The van der Waals surface area contributed by atoms with E-state index in [-0.39, 0.29) is 0 Å². The number of nitrogens with zero attached hydrogens (tertiary/aromatic N) is 3. The molecule has 0 spiro atoms. The van der Waals surface area contributed by atoms with Crippen LogP contribution in [0.3, 0.4) is 0 Å². The first-order valence-corrected chi connectivity index (χ1v) is 12.3. The number of hydrogen-bond donors (Lipinski definition) is 1. The van der Waals surface area contributed by atoms with Gasteiger partial charge in [-0.3, -0.25) is 4.79 Å². The fourth-order valence-corrected chi connectivity index (χ4v) is 5.52. The zero-order chi connectivity index (χ0) is 22.0. The summed E-state index contributed by atoms with van der Waals surface area (Å²) in [4.78, 5) is 22.2. The number of fused-ring (bicyclic) bond motifs is 1. The van der Waals surface area contributed by atoms with Crippen LogP contribution in [0, 0.1) is 23.2 Å². The Morgan fingerprint density at radius 2 is 1.84 bits per heavy atom. The summed E-state index contributed by atoms with van der Waals surface area (Å²) >= 11 is 0. The number of anilines is 1. The van der Waals surface area contributed by atoms with Crippen LogP contribution >= 0.6 is 0 Å². The molecule has 2 N–H and O–H groups in total. The van der Waals surface area contributed by atoms with Crippen molar-refractivity contribution in [1.29, 1.82) is 5.26 Å². The Hall–Kier alpha value is -2.13. The van der Waals surface area contributed by atoms with E-state index in [0.29, 0.717) is 18.4 Å². The van der Waals surface area contributed by atoms with Gasteiger partial charge in [0.1, 0.15) is 43.5 Å². The second-order valence-corrected chi connectivity index (χ2v) is 10.3. The summed E-state index contributed by atoms with van der Waals surface area (Å²) in [5.74, 6) is 2.68. The number of rotatable bonds is 5. The van der Waals surface area contributed by atoms with Crippen molar-refractivity contribution in [3.63, 3.8) is 0 Å². The maximum Gasteiger partial charge on any atom is 0.293 e. The lowest BCUT2D eigenvalue weighted by Gasteiger charge is -2.33. The second kappa shape index (κ2) is 9.56. The summed E-state index contributed by atoms with van der Waals surface area (Å²) in [6.45, 7) is 12.9. The van der Waals surface area contributed by atoms with Gasteiger partial charge in [0, 0.05) is 19.5 Å². The minimum Gasteiger partial charge on any atom is -0.338 e. The first kappa shape index (κ1) is 22.1. The predicted octanol–water partition coefficient (Wildman–Crippen LogP) is 1.02. The number of quaternary nitrogens is 1. The van der Waals surface area contributed by atoms with Gasteiger partial charge in [-0.05, 0) is 55.1 Å². The minimum absolute atomic E-state index is 0.316. The number of carbonyl (C=O) groups excluding carboxylic acids is 1. The largest absolute Gasteiger partial charge is 0.338 e. The highest BCUT2D eigenvalue weighted by Crippen LogP contribution is 2.31. The molecule has 0 saturated carbocycles. The summed E-state index contributed by atoms with van der Waals surface area (Å²) in [6.07, 6.45) is 6.59. The van der Waals surface area contributed by atoms with E-state index in [1.165, 1.54) is 21.7 Å². The van der Waals surface area contributed by atoms with Crippen molar-refractivity contribution in [2.75, 3.05) is 50.7 Å². The Labute approximate surface area is 187 Å². The third-order valence-electron chi connectivity index (χ3n) is 7.44. The molecule has 0 atom stereocenters. The summed E-state index contributed by atoms with van der Waals surface area (Å²) in [6, 6.07) is 2.52. The highest BCUT2D eigenvalue weighted by molar-refractivity contribution is 5.77. The Balaban J connectivity index is 1.43. The number of aromatic amines is 1. The summed E-state index contributed by atoms with van der Waals surface area (Å²) < 4.78 is 0. The summed E-state index contributed by atoms with van der Waals surface area (Å²) in [5.41, 5.74) is 4.89. The van der Waals surface area contributed by atoms with E-state index in [0.717, 1.165) is 95.1 Å². The van der Waals surface area contributed by atoms with E-state index in [4.69, 9.17) is 0 Å². The molecule has 6 heteroatoms. The maximum absolute atomic E-state index is 12.7. The number of hydrogen-bond acceptors (Lipinski definition) is 3. The van der Waals surface area contributed by atoms with Crippen molar-refractivity contribution < 1.29 is 14.7 Å². The zero-order valence-electron chi connectivity index (χ0n) is 19.6. The molecule has 2 fully saturated rings. The van der Waals surface area contributed by atoms with Crippen molar-refractivity contribution >= 4 is 11.7 Å². The van der Waals surface area contributed by atoms with Crippen LogP contribution in [0.25, 0.3) is 0 Å². The van der Waals surface area contributed by atoms with Gasteiger partial charge in [-0.15, -0.1) is 0 Å². The maximum atomic E-state index is 12.7. The van der Waals surface area contributed by atoms with E-state index in [9.17, 15) is 10.1 Å². The molecule has 168 valence electrons. The van der Waals surface area contributed by atoms with E-state index in [1.807, 2.05) is 0 Å². The predicted molar refractivity (Wildman–Crippen MR) is 121 cm³/mol. The molecule has 0 radical (unpaired) electrons. The number of piperazine rings is 1. The lowest BCUT2D eigenvalue weighted by Crippen LogP contribution is -3.16. The average Bonchev–Trinajstić information content (AvgIpc) is 3.24. The quantitative estimate of drug-likeness (QED) is 0.766. The minimum atomic E-state index is 0.316. The van der Waals surface area contributed by atoms with Crippen molar-refractivity contribution in [2.45, 2.75) is 59.3 Å². The summed E-state index contributed by atoms with van der Waals surface area (Å²) in [7, 11) is 0.